The molecule has 0 bridgehead atoms. The monoisotopic (exact) mass is 189 g/mol. The molecule has 3 heteroatoms. The Labute approximate surface area is 78.2 Å². The second-order valence-electron chi connectivity index (χ2n) is 2.81. The van der Waals surface area contributed by atoms with Gasteiger partial charge in [0, 0.05) is 6.04 Å². The Kier molecular flexibility index (Phi) is 4.86. The average Bonchev–Trinajstić information content (AvgIpc) is 1.93. The Morgan fingerprint density at radius 1 is 1.33 bits per heavy atom. The standard InChI is InChI=1S/C9H12FN.ClH/c1-7(11)6-8-2-4-9(10)5-3-8;/h2-5,7H,6,11H2,1H3;1H/t7-;/m0./s1. The first-order valence-electron chi connectivity index (χ1n) is 3.68. The zero-order valence-electron chi connectivity index (χ0n) is 6.96. The maximum Gasteiger partial charge on any atom is 0.123 e. The second-order valence-corrected chi connectivity index (χ2v) is 2.81. The topological polar surface area (TPSA) is 26.0 Å². The highest BCUT2D eigenvalue weighted by molar-refractivity contribution is 5.85. The average molecular weight is 190 g/mol. The van der Waals surface area contributed by atoms with E-state index in [0.29, 0.717) is 0 Å². The van der Waals surface area contributed by atoms with Gasteiger partial charge in [0.05, 0.1) is 0 Å². The minimum absolute atomic E-state index is 0. The maximum atomic E-state index is 12.4. The minimum Gasteiger partial charge on any atom is -0.328 e. The minimum atomic E-state index is -0.196. The van der Waals surface area contributed by atoms with Crippen molar-refractivity contribution in [2.75, 3.05) is 0 Å². The molecule has 1 aromatic rings. The van der Waals surface area contributed by atoms with E-state index in [1.165, 1.54) is 12.1 Å². The van der Waals surface area contributed by atoms with E-state index >= 15 is 0 Å². The fourth-order valence-electron chi connectivity index (χ4n) is 0.992. The van der Waals surface area contributed by atoms with Crippen LogP contribution in [0, 0.1) is 5.82 Å². The van der Waals surface area contributed by atoms with Gasteiger partial charge in [-0.25, -0.2) is 4.39 Å². The van der Waals surface area contributed by atoms with E-state index in [-0.39, 0.29) is 24.3 Å². The van der Waals surface area contributed by atoms with Crippen LogP contribution >= 0.6 is 12.4 Å². The molecule has 2 N–H and O–H groups in total. The van der Waals surface area contributed by atoms with Crippen molar-refractivity contribution in [3.05, 3.63) is 35.6 Å². The SMILES string of the molecule is C[C@H](N)Cc1ccc(F)cc1.Cl. The Bertz CT molecular complexity index is 220. The van der Waals surface area contributed by atoms with Crippen LogP contribution in [-0.2, 0) is 6.42 Å². The molecule has 1 atom stereocenters. The lowest BCUT2D eigenvalue weighted by Crippen LogP contribution is -2.17. The maximum absolute atomic E-state index is 12.4. The van der Waals surface area contributed by atoms with E-state index < -0.39 is 0 Å². The third-order valence-corrected chi connectivity index (χ3v) is 1.47. The summed E-state index contributed by atoms with van der Waals surface area (Å²) in [5.41, 5.74) is 6.65. The molecule has 0 saturated heterocycles. The molecule has 0 aliphatic heterocycles. The highest BCUT2D eigenvalue weighted by Crippen LogP contribution is 2.04. The molecule has 0 spiro atoms. The van der Waals surface area contributed by atoms with Crippen LogP contribution in [0.5, 0.6) is 0 Å². The summed E-state index contributed by atoms with van der Waals surface area (Å²) in [6, 6.07) is 6.58. The van der Waals surface area contributed by atoms with E-state index in [1.54, 1.807) is 12.1 Å². The number of halogens is 2. The van der Waals surface area contributed by atoms with Crippen LogP contribution in [0.1, 0.15) is 12.5 Å². The van der Waals surface area contributed by atoms with Crippen LogP contribution in [0.2, 0.25) is 0 Å². The van der Waals surface area contributed by atoms with Crippen molar-refractivity contribution in [1.82, 2.24) is 0 Å². The molecule has 0 aromatic heterocycles. The fourth-order valence-corrected chi connectivity index (χ4v) is 0.992. The molecular formula is C9H13ClFN. The first-order chi connectivity index (χ1) is 5.18. The Hall–Kier alpha value is -0.600. The van der Waals surface area contributed by atoms with Crippen molar-refractivity contribution in [2.45, 2.75) is 19.4 Å². The van der Waals surface area contributed by atoms with Gasteiger partial charge in [0.1, 0.15) is 5.82 Å². The van der Waals surface area contributed by atoms with Gasteiger partial charge < -0.3 is 5.73 Å². The number of hydrogen-bond donors (Lipinski definition) is 1. The van der Waals surface area contributed by atoms with Crippen LogP contribution in [0.3, 0.4) is 0 Å². The van der Waals surface area contributed by atoms with Crippen molar-refractivity contribution in [2.24, 2.45) is 5.73 Å². The van der Waals surface area contributed by atoms with Crippen LogP contribution < -0.4 is 5.73 Å². The molecule has 1 rings (SSSR count). The van der Waals surface area contributed by atoms with E-state index in [1.807, 2.05) is 6.92 Å². The molecule has 0 amide bonds. The summed E-state index contributed by atoms with van der Waals surface area (Å²) >= 11 is 0. The molecule has 0 aliphatic carbocycles. The summed E-state index contributed by atoms with van der Waals surface area (Å²) in [4.78, 5) is 0. The van der Waals surface area contributed by atoms with Gasteiger partial charge in [0.25, 0.3) is 0 Å². The number of rotatable bonds is 2. The van der Waals surface area contributed by atoms with E-state index in [2.05, 4.69) is 0 Å². The number of benzene rings is 1. The second kappa shape index (κ2) is 5.12. The lowest BCUT2D eigenvalue weighted by molar-refractivity contribution is 0.626. The Balaban J connectivity index is 0.00000121. The highest BCUT2D eigenvalue weighted by atomic mass is 35.5. The van der Waals surface area contributed by atoms with Gasteiger partial charge in [-0.1, -0.05) is 12.1 Å². The molecular weight excluding hydrogens is 177 g/mol. The molecule has 0 heterocycles. The summed E-state index contributed by atoms with van der Waals surface area (Å²) in [7, 11) is 0. The van der Waals surface area contributed by atoms with Gasteiger partial charge >= 0.3 is 0 Å². The molecule has 0 aliphatic rings. The number of nitrogens with two attached hydrogens (primary N) is 1. The first kappa shape index (κ1) is 11.4. The summed E-state index contributed by atoms with van der Waals surface area (Å²) in [6.45, 7) is 1.93. The zero-order chi connectivity index (χ0) is 8.27. The van der Waals surface area contributed by atoms with Gasteiger partial charge in [-0.15, -0.1) is 12.4 Å². The summed E-state index contributed by atoms with van der Waals surface area (Å²) in [6.07, 6.45) is 0.806. The van der Waals surface area contributed by atoms with Crippen molar-refractivity contribution < 1.29 is 4.39 Å². The molecule has 1 nitrogen and oxygen atoms in total. The van der Waals surface area contributed by atoms with Crippen molar-refractivity contribution in [3.63, 3.8) is 0 Å². The summed E-state index contributed by atoms with van der Waals surface area (Å²) in [5, 5.41) is 0. The zero-order valence-corrected chi connectivity index (χ0v) is 7.77. The molecule has 12 heavy (non-hydrogen) atoms. The van der Waals surface area contributed by atoms with E-state index in [9.17, 15) is 4.39 Å². The predicted octanol–water partition coefficient (Wildman–Crippen LogP) is 2.14. The highest BCUT2D eigenvalue weighted by Gasteiger charge is 1.96. The Morgan fingerprint density at radius 2 is 1.83 bits per heavy atom. The molecule has 68 valence electrons. The quantitative estimate of drug-likeness (QED) is 0.758. The molecule has 0 unspecified atom stereocenters. The van der Waals surface area contributed by atoms with Gasteiger partial charge in [0.15, 0.2) is 0 Å². The molecule has 0 saturated carbocycles. The van der Waals surface area contributed by atoms with Gasteiger partial charge in [-0.3, -0.25) is 0 Å². The summed E-state index contributed by atoms with van der Waals surface area (Å²) < 4.78 is 12.4. The normalized spacial score (nSPS) is 11.9. The van der Waals surface area contributed by atoms with Crippen LogP contribution in [0.25, 0.3) is 0 Å². The lowest BCUT2D eigenvalue weighted by atomic mass is 10.1. The van der Waals surface area contributed by atoms with Gasteiger partial charge in [0.2, 0.25) is 0 Å². The summed E-state index contributed by atoms with van der Waals surface area (Å²) in [5.74, 6) is -0.196. The van der Waals surface area contributed by atoms with Crippen LogP contribution in [0.4, 0.5) is 4.39 Å². The smallest absolute Gasteiger partial charge is 0.123 e. The third kappa shape index (κ3) is 3.69. The molecule has 0 fully saturated rings. The number of hydrogen-bond acceptors (Lipinski definition) is 1. The fraction of sp³-hybridized carbons (Fsp3) is 0.333. The van der Waals surface area contributed by atoms with Crippen LogP contribution in [-0.4, -0.2) is 6.04 Å². The van der Waals surface area contributed by atoms with E-state index in [0.717, 1.165) is 12.0 Å². The van der Waals surface area contributed by atoms with Crippen molar-refractivity contribution >= 4 is 12.4 Å². The Morgan fingerprint density at radius 3 is 2.25 bits per heavy atom. The van der Waals surface area contributed by atoms with Crippen LogP contribution in [0.15, 0.2) is 24.3 Å². The van der Waals surface area contributed by atoms with Gasteiger partial charge in [-0.2, -0.15) is 0 Å². The van der Waals surface area contributed by atoms with Crippen molar-refractivity contribution in [3.8, 4) is 0 Å². The van der Waals surface area contributed by atoms with E-state index in [4.69, 9.17) is 5.73 Å². The largest absolute Gasteiger partial charge is 0.328 e. The first-order valence-corrected chi connectivity index (χ1v) is 3.68. The third-order valence-electron chi connectivity index (χ3n) is 1.47. The lowest BCUT2D eigenvalue weighted by Gasteiger charge is -2.03. The predicted molar refractivity (Wildman–Crippen MR) is 51.0 cm³/mol. The van der Waals surface area contributed by atoms with Crippen molar-refractivity contribution in [1.29, 1.82) is 0 Å². The van der Waals surface area contributed by atoms with Gasteiger partial charge in [-0.05, 0) is 31.0 Å². The molecule has 1 aromatic carbocycles. The molecule has 0 radical (unpaired) electrons.